The van der Waals surface area contributed by atoms with Crippen LogP contribution in [-0.4, -0.2) is 18.6 Å². The van der Waals surface area contributed by atoms with Gasteiger partial charge in [-0.15, -0.1) is 0 Å². The Balaban J connectivity index is 1.92. The third-order valence-electron chi connectivity index (χ3n) is 3.70. The molecule has 0 spiro atoms. The Morgan fingerprint density at radius 2 is 2.00 bits per heavy atom. The SMILES string of the molecule is CC(CC1CCCCCN1)Nc1cc(Cl)c(F)c(Cl)c1. The van der Waals surface area contributed by atoms with Crippen molar-refractivity contribution in [2.45, 2.75) is 51.1 Å². The van der Waals surface area contributed by atoms with E-state index in [1.165, 1.54) is 25.7 Å². The summed E-state index contributed by atoms with van der Waals surface area (Å²) in [4.78, 5) is 0. The predicted octanol–water partition coefficient (Wildman–Crippen LogP) is 4.86. The number of rotatable bonds is 4. The maximum atomic E-state index is 13.4. The number of nitrogens with one attached hydrogen (secondary N) is 2. The monoisotopic (exact) mass is 318 g/mol. The second-order valence-electron chi connectivity index (χ2n) is 5.54. The lowest BCUT2D eigenvalue weighted by Gasteiger charge is -2.22. The second-order valence-corrected chi connectivity index (χ2v) is 6.35. The standard InChI is InChI=1S/C15H21Cl2FN2/c1-10(7-11-5-3-2-4-6-19-11)20-12-8-13(16)15(18)14(17)9-12/h8-11,19-20H,2-7H2,1H3. The van der Waals surface area contributed by atoms with Crippen molar-refractivity contribution in [3.8, 4) is 0 Å². The normalized spacial score (nSPS) is 21.3. The van der Waals surface area contributed by atoms with E-state index < -0.39 is 5.82 Å². The first-order valence-corrected chi connectivity index (χ1v) is 7.96. The molecule has 1 heterocycles. The van der Waals surface area contributed by atoms with Gasteiger partial charge >= 0.3 is 0 Å². The lowest BCUT2D eigenvalue weighted by Crippen LogP contribution is -2.33. The molecule has 2 atom stereocenters. The molecular formula is C15H21Cl2FN2. The number of benzene rings is 1. The van der Waals surface area contributed by atoms with Gasteiger partial charge in [-0.1, -0.05) is 36.0 Å². The molecule has 20 heavy (non-hydrogen) atoms. The van der Waals surface area contributed by atoms with E-state index in [2.05, 4.69) is 17.6 Å². The molecule has 0 amide bonds. The molecule has 112 valence electrons. The van der Waals surface area contributed by atoms with Crippen LogP contribution in [0, 0.1) is 5.82 Å². The van der Waals surface area contributed by atoms with E-state index in [-0.39, 0.29) is 16.1 Å². The van der Waals surface area contributed by atoms with Gasteiger partial charge in [-0.3, -0.25) is 0 Å². The van der Waals surface area contributed by atoms with E-state index >= 15 is 0 Å². The van der Waals surface area contributed by atoms with Crippen molar-refractivity contribution in [3.05, 3.63) is 28.0 Å². The smallest absolute Gasteiger partial charge is 0.160 e. The van der Waals surface area contributed by atoms with Crippen LogP contribution in [0.25, 0.3) is 0 Å². The number of anilines is 1. The molecule has 1 aromatic carbocycles. The van der Waals surface area contributed by atoms with Crippen LogP contribution in [0.5, 0.6) is 0 Å². The molecule has 2 rings (SSSR count). The minimum Gasteiger partial charge on any atom is -0.382 e. The summed E-state index contributed by atoms with van der Waals surface area (Å²) >= 11 is 11.6. The summed E-state index contributed by atoms with van der Waals surface area (Å²) in [6, 6.07) is 3.99. The van der Waals surface area contributed by atoms with Crippen LogP contribution < -0.4 is 10.6 Å². The van der Waals surface area contributed by atoms with Crippen molar-refractivity contribution in [3.63, 3.8) is 0 Å². The first-order chi connectivity index (χ1) is 9.56. The zero-order valence-electron chi connectivity index (χ0n) is 11.7. The van der Waals surface area contributed by atoms with Gasteiger partial charge in [0.1, 0.15) is 0 Å². The molecule has 0 bridgehead atoms. The van der Waals surface area contributed by atoms with Gasteiger partial charge < -0.3 is 10.6 Å². The lowest BCUT2D eigenvalue weighted by atomic mass is 10.0. The Morgan fingerprint density at radius 1 is 1.30 bits per heavy atom. The van der Waals surface area contributed by atoms with Crippen molar-refractivity contribution in [2.75, 3.05) is 11.9 Å². The number of hydrogen-bond donors (Lipinski definition) is 2. The fourth-order valence-corrected chi connectivity index (χ4v) is 3.20. The molecule has 0 saturated carbocycles. The van der Waals surface area contributed by atoms with Crippen molar-refractivity contribution in [1.82, 2.24) is 5.32 Å². The van der Waals surface area contributed by atoms with E-state index in [1.807, 2.05) is 0 Å². The molecule has 2 unspecified atom stereocenters. The van der Waals surface area contributed by atoms with Gasteiger partial charge in [0.2, 0.25) is 0 Å². The third kappa shape index (κ3) is 4.51. The maximum absolute atomic E-state index is 13.4. The topological polar surface area (TPSA) is 24.1 Å². The highest BCUT2D eigenvalue weighted by molar-refractivity contribution is 6.35. The molecule has 5 heteroatoms. The molecule has 1 aromatic rings. The van der Waals surface area contributed by atoms with Crippen molar-refractivity contribution < 1.29 is 4.39 Å². The molecule has 1 aliphatic heterocycles. The van der Waals surface area contributed by atoms with Crippen molar-refractivity contribution in [2.24, 2.45) is 0 Å². The Labute approximate surface area is 130 Å². The van der Waals surface area contributed by atoms with Gasteiger partial charge in [0, 0.05) is 17.8 Å². The van der Waals surface area contributed by atoms with Gasteiger partial charge in [-0.05, 0) is 44.9 Å². The van der Waals surface area contributed by atoms with E-state index in [4.69, 9.17) is 23.2 Å². The molecule has 1 saturated heterocycles. The summed E-state index contributed by atoms with van der Waals surface area (Å²) in [5, 5.41) is 7.03. The zero-order chi connectivity index (χ0) is 14.5. The third-order valence-corrected chi connectivity index (χ3v) is 4.25. The Morgan fingerprint density at radius 3 is 2.70 bits per heavy atom. The first kappa shape index (κ1) is 15.9. The molecular weight excluding hydrogens is 298 g/mol. The van der Waals surface area contributed by atoms with Gasteiger partial charge in [0.25, 0.3) is 0 Å². The Hall–Kier alpha value is -0.510. The molecule has 1 aliphatic rings. The van der Waals surface area contributed by atoms with E-state index in [0.29, 0.717) is 6.04 Å². The van der Waals surface area contributed by atoms with Gasteiger partial charge in [0.05, 0.1) is 10.0 Å². The second kappa shape index (κ2) is 7.48. The van der Waals surface area contributed by atoms with E-state index in [9.17, 15) is 4.39 Å². The van der Waals surface area contributed by atoms with Gasteiger partial charge in [-0.25, -0.2) is 4.39 Å². The van der Waals surface area contributed by atoms with Crippen LogP contribution in [0.3, 0.4) is 0 Å². The molecule has 2 nitrogen and oxygen atoms in total. The van der Waals surface area contributed by atoms with Crippen LogP contribution in [0.4, 0.5) is 10.1 Å². The highest BCUT2D eigenvalue weighted by atomic mass is 35.5. The molecule has 0 radical (unpaired) electrons. The summed E-state index contributed by atoms with van der Waals surface area (Å²) in [6.45, 7) is 3.23. The quantitative estimate of drug-likeness (QED) is 0.775. The maximum Gasteiger partial charge on any atom is 0.160 e. The first-order valence-electron chi connectivity index (χ1n) is 7.20. The molecule has 2 N–H and O–H groups in total. The minimum atomic E-state index is -0.558. The Bertz CT molecular complexity index is 422. The minimum absolute atomic E-state index is 0.0554. The zero-order valence-corrected chi connectivity index (χ0v) is 13.2. The fourth-order valence-electron chi connectivity index (χ4n) is 2.71. The molecule has 0 aromatic heterocycles. The van der Waals surface area contributed by atoms with Crippen LogP contribution >= 0.6 is 23.2 Å². The van der Waals surface area contributed by atoms with Crippen LogP contribution in [-0.2, 0) is 0 Å². The van der Waals surface area contributed by atoms with Crippen molar-refractivity contribution in [1.29, 1.82) is 0 Å². The number of halogens is 3. The van der Waals surface area contributed by atoms with Gasteiger partial charge in [-0.2, -0.15) is 0 Å². The average molecular weight is 319 g/mol. The van der Waals surface area contributed by atoms with Crippen molar-refractivity contribution >= 4 is 28.9 Å². The lowest BCUT2D eigenvalue weighted by molar-refractivity contribution is 0.456. The number of hydrogen-bond acceptors (Lipinski definition) is 2. The summed E-state index contributed by atoms with van der Waals surface area (Å²) in [5.74, 6) is -0.558. The highest BCUT2D eigenvalue weighted by Crippen LogP contribution is 2.28. The summed E-state index contributed by atoms with van der Waals surface area (Å²) < 4.78 is 13.4. The molecule has 0 aliphatic carbocycles. The van der Waals surface area contributed by atoms with Crippen LogP contribution in [0.2, 0.25) is 10.0 Å². The average Bonchev–Trinajstić information content (AvgIpc) is 2.64. The van der Waals surface area contributed by atoms with Crippen LogP contribution in [0.15, 0.2) is 12.1 Å². The predicted molar refractivity (Wildman–Crippen MR) is 84.4 cm³/mol. The summed E-state index contributed by atoms with van der Waals surface area (Å²) in [7, 11) is 0. The Kier molecular flexibility index (Phi) is 5.94. The van der Waals surface area contributed by atoms with Gasteiger partial charge in [0.15, 0.2) is 5.82 Å². The highest BCUT2D eigenvalue weighted by Gasteiger charge is 2.15. The summed E-state index contributed by atoms with van der Waals surface area (Å²) in [5.41, 5.74) is 0.766. The van der Waals surface area contributed by atoms with Crippen LogP contribution in [0.1, 0.15) is 39.0 Å². The van der Waals surface area contributed by atoms with E-state index in [0.717, 1.165) is 18.7 Å². The summed E-state index contributed by atoms with van der Waals surface area (Å²) in [6.07, 6.45) is 6.12. The van der Waals surface area contributed by atoms with E-state index in [1.54, 1.807) is 12.1 Å². The largest absolute Gasteiger partial charge is 0.382 e. The fraction of sp³-hybridized carbons (Fsp3) is 0.600. The molecule has 1 fully saturated rings.